The molecular weight excluding hydrogens is 350 g/mol. The fourth-order valence-electron chi connectivity index (χ4n) is 3.73. The molecule has 26 heavy (non-hydrogen) atoms. The van der Waals surface area contributed by atoms with Gasteiger partial charge in [-0.05, 0) is 57.3 Å². The van der Waals surface area contributed by atoms with Gasteiger partial charge in [0.05, 0.1) is 18.3 Å². The maximum atomic E-state index is 13.2. The lowest BCUT2D eigenvalue weighted by Crippen LogP contribution is -2.36. The molecule has 0 spiro atoms. The van der Waals surface area contributed by atoms with Crippen molar-refractivity contribution in [2.75, 3.05) is 13.1 Å². The quantitative estimate of drug-likeness (QED) is 0.874. The Balaban J connectivity index is 1.56. The lowest BCUT2D eigenvalue weighted by Gasteiger charge is -2.29. The van der Waals surface area contributed by atoms with Crippen LogP contribution in [0.25, 0.3) is 0 Å². The monoisotopic (exact) mass is 373 g/mol. The zero-order valence-electron chi connectivity index (χ0n) is 14.9. The molecule has 1 aliphatic carbocycles. The minimum Gasteiger partial charge on any atom is -0.327 e. The number of piperidine rings is 1. The average molecular weight is 374 g/mol. The van der Waals surface area contributed by atoms with Gasteiger partial charge in [0.15, 0.2) is 5.69 Å². The summed E-state index contributed by atoms with van der Waals surface area (Å²) < 4.78 is 1.86. The molecule has 7 heteroatoms. The fourth-order valence-corrected chi connectivity index (χ4v) is 4.02. The predicted octanol–water partition coefficient (Wildman–Crippen LogP) is 3.22. The molecule has 1 unspecified atom stereocenters. The highest BCUT2D eigenvalue weighted by Gasteiger charge is 2.38. The van der Waals surface area contributed by atoms with Crippen molar-refractivity contribution in [3.05, 3.63) is 46.7 Å². The van der Waals surface area contributed by atoms with Crippen LogP contribution >= 0.6 is 11.6 Å². The van der Waals surface area contributed by atoms with Gasteiger partial charge in [-0.1, -0.05) is 35.0 Å². The molecule has 1 amide bonds. The molecule has 0 radical (unpaired) electrons. The second-order valence-electron chi connectivity index (χ2n) is 7.21. The summed E-state index contributed by atoms with van der Waals surface area (Å²) in [5, 5.41) is 12.5. The molecule has 138 valence electrons. The van der Waals surface area contributed by atoms with Crippen LogP contribution in [-0.4, -0.2) is 44.9 Å². The third kappa shape index (κ3) is 3.48. The summed E-state index contributed by atoms with van der Waals surface area (Å²) in [5.41, 5.74) is 1.40. The maximum absolute atomic E-state index is 13.2. The number of nitrogens with one attached hydrogen (secondary N) is 1. The van der Waals surface area contributed by atoms with Gasteiger partial charge < -0.3 is 10.2 Å². The number of benzene rings is 1. The van der Waals surface area contributed by atoms with Crippen molar-refractivity contribution in [3.63, 3.8) is 0 Å². The molecule has 1 aromatic heterocycles. The Morgan fingerprint density at radius 3 is 2.69 bits per heavy atom. The number of hydrogen-bond acceptors (Lipinski definition) is 4. The highest BCUT2D eigenvalue weighted by atomic mass is 35.5. The van der Waals surface area contributed by atoms with Gasteiger partial charge in [0, 0.05) is 11.1 Å². The van der Waals surface area contributed by atoms with E-state index in [9.17, 15) is 4.79 Å². The zero-order valence-corrected chi connectivity index (χ0v) is 15.7. The van der Waals surface area contributed by atoms with E-state index < -0.39 is 0 Å². The van der Waals surface area contributed by atoms with E-state index in [4.69, 9.17) is 11.6 Å². The first-order chi connectivity index (χ1) is 12.6. The molecule has 1 N–H and O–H groups in total. The normalized spacial score (nSPS) is 19.3. The van der Waals surface area contributed by atoms with Gasteiger partial charge in [-0.2, -0.15) is 0 Å². The summed E-state index contributed by atoms with van der Waals surface area (Å²) in [5.74, 6) is -0.0555. The Morgan fingerprint density at radius 2 is 2.00 bits per heavy atom. The Labute approximate surface area is 158 Å². The molecule has 1 aliphatic heterocycles. The molecule has 0 bridgehead atoms. The first-order valence-corrected chi connectivity index (χ1v) is 9.72. The van der Waals surface area contributed by atoms with E-state index in [0.717, 1.165) is 44.3 Å². The van der Waals surface area contributed by atoms with Crippen molar-refractivity contribution < 1.29 is 4.79 Å². The lowest BCUT2D eigenvalue weighted by molar-refractivity contribution is 0.0668. The number of aromatic nitrogens is 3. The van der Waals surface area contributed by atoms with Gasteiger partial charge in [0.2, 0.25) is 0 Å². The molecule has 2 aliphatic rings. The van der Waals surface area contributed by atoms with Crippen molar-refractivity contribution >= 4 is 17.5 Å². The molecule has 2 heterocycles. The van der Waals surface area contributed by atoms with E-state index in [1.807, 2.05) is 47.0 Å². The molecule has 1 aromatic carbocycles. The standard InChI is InChI=1S/C19H24ClN5O/c1-13(16-4-2-3-5-17(16)20)25(15-6-7-15)19(26)18-12-24(23-22-18)14-8-10-21-11-9-14/h2-5,12-15,21H,6-11H2,1H3. The highest BCUT2D eigenvalue weighted by Crippen LogP contribution is 2.37. The largest absolute Gasteiger partial charge is 0.327 e. The van der Waals surface area contributed by atoms with Crippen molar-refractivity contribution in [2.45, 2.75) is 50.7 Å². The molecule has 4 rings (SSSR count). The van der Waals surface area contributed by atoms with Gasteiger partial charge in [-0.15, -0.1) is 5.10 Å². The third-order valence-corrected chi connectivity index (χ3v) is 5.70. The van der Waals surface area contributed by atoms with E-state index in [0.29, 0.717) is 16.8 Å². The highest BCUT2D eigenvalue weighted by molar-refractivity contribution is 6.31. The van der Waals surface area contributed by atoms with Crippen LogP contribution in [0, 0.1) is 0 Å². The molecule has 1 atom stereocenters. The second-order valence-corrected chi connectivity index (χ2v) is 7.61. The van der Waals surface area contributed by atoms with Crippen LogP contribution < -0.4 is 5.32 Å². The van der Waals surface area contributed by atoms with Gasteiger partial charge in [0.1, 0.15) is 0 Å². The number of carbonyl (C=O) groups excluding carboxylic acids is 1. The Morgan fingerprint density at radius 1 is 1.27 bits per heavy atom. The van der Waals surface area contributed by atoms with Crippen molar-refractivity contribution in [3.8, 4) is 0 Å². The molecule has 1 saturated heterocycles. The van der Waals surface area contributed by atoms with E-state index in [1.54, 1.807) is 0 Å². The summed E-state index contributed by atoms with van der Waals surface area (Å²) in [6, 6.07) is 8.22. The molecule has 2 fully saturated rings. The van der Waals surface area contributed by atoms with Crippen LogP contribution in [0.15, 0.2) is 30.5 Å². The number of nitrogens with zero attached hydrogens (tertiary/aromatic N) is 4. The first-order valence-electron chi connectivity index (χ1n) is 9.35. The van der Waals surface area contributed by atoms with Gasteiger partial charge in [-0.3, -0.25) is 4.79 Å². The second kappa shape index (κ2) is 7.37. The first kappa shape index (κ1) is 17.5. The smallest absolute Gasteiger partial charge is 0.276 e. The molecular formula is C19H24ClN5O. The van der Waals surface area contributed by atoms with Crippen molar-refractivity contribution in [2.24, 2.45) is 0 Å². The number of halogens is 1. The van der Waals surface area contributed by atoms with Gasteiger partial charge in [0.25, 0.3) is 5.91 Å². The summed E-state index contributed by atoms with van der Waals surface area (Å²) >= 11 is 6.37. The van der Waals surface area contributed by atoms with Gasteiger partial charge >= 0.3 is 0 Å². The maximum Gasteiger partial charge on any atom is 0.276 e. The minimum atomic E-state index is -0.0901. The van der Waals surface area contributed by atoms with E-state index >= 15 is 0 Å². The van der Waals surface area contributed by atoms with Crippen molar-refractivity contribution in [1.82, 2.24) is 25.2 Å². The zero-order chi connectivity index (χ0) is 18.1. The lowest BCUT2D eigenvalue weighted by atomic mass is 10.1. The summed E-state index contributed by atoms with van der Waals surface area (Å²) in [7, 11) is 0. The molecule has 1 saturated carbocycles. The summed E-state index contributed by atoms with van der Waals surface area (Å²) in [6.07, 6.45) is 5.90. The number of amides is 1. The predicted molar refractivity (Wildman–Crippen MR) is 100 cm³/mol. The number of rotatable bonds is 5. The van der Waals surface area contributed by atoms with Crippen LogP contribution in [0.1, 0.15) is 60.7 Å². The van der Waals surface area contributed by atoms with Crippen LogP contribution in [0.3, 0.4) is 0 Å². The SMILES string of the molecule is CC(c1ccccc1Cl)N(C(=O)c1cn(C2CCNCC2)nn1)C1CC1. The Kier molecular flexibility index (Phi) is 4.96. The number of hydrogen-bond donors (Lipinski definition) is 1. The Hall–Kier alpha value is -1.92. The minimum absolute atomic E-state index is 0.0555. The van der Waals surface area contributed by atoms with E-state index in [-0.39, 0.29) is 18.0 Å². The Bertz CT molecular complexity index is 782. The molecule has 2 aromatic rings. The van der Waals surface area contributed by atoms with E-state index in [1.165, 1.54) is 0 Å². The third-order valence-electron chi connectivity index (χ3n) is 5.36. The molecule has 6 nitrogen and oxygen atoms in total. The van der Waals surface area contributed by atoms with E-state index in [2.05, 4.69) is 15.6 Å². The summed E-state index contributed by atoms with van der Waals surface area (Å²) in [4.78, 5) is 15.1. The summed E-state index contributed by atoms with van der Waals surface area (Å²) in [6.45, 7) is 3.99. The fraction of sp³-hybridized carbons (Fsp3) is 0.526. The number of carbonyl (C=O) groups is 1. The van der Waals surface area contributed by atoms with Crippen LogP contribution in [0.2, 0.25) is 5.02 Å². The van der Waals surface area contributed by atoms with Crippen LogP contribution in [-0.2, 0) is 0 Å². The van der Waals surface area contributed by atoms with Crippen LogP contribution in [0.5, 0.6) is 0 Å². The average Bonchev–Trinajstić information content (AvgIpc) is 3.37. The van der Waals surface area contributed by atoms with Crippen LogP contribution in [0.4, 0.5) is 0 Å². The topological polar surface area (TPSA) is 63.1 Å². The van der Waals surface area contributed by atoms with Gasteiger partial charge in [-0.25, -0.2) is 4.68 Å². The van der Waals surface area contributed by atoms with Crippen molar-refractivity contribution in [1.29, 1.82) is 0 Å².